The van der Waals surface area contributed by atoms with Crippen LogP contribution in [0.3, 0.4) is 0 Å². The van der Waals surface area contributed by atoms with E-state index in [-0.39, 0.29) is 30.0 Å². The minimum absolute atomic E-state index is 0.0786. The Morgan fingerprint density at radius 2 is 2.35 bits per heavy atom. The summed E-state index contributed by atoms with van der Waals surface area (Å²) in [5.74, 6) is 0.777. The van der Waals surface area contributed by atoms with Crippen molar-refractivity contribution in [2.75, 3.05) is 25.1 Å². The monoisotopic (exact) mass is 337 g/mol. The van der Waals surface area contributed by atoms with Crippen LogP contribution in [0.1, 0.15) is 12.1 Å². The van der Waals surface area contributed by atoms with Crippen LogP contribution >= 0.6 is 0 Å². The molecule has 0 unspecified atom stereocenters. The highest BCUT2D eigenvalue weighted by Gasteiger charge is 2.31. The first-order valence-corrected chi connectivity index (χ1v) is 9.21. The fourth-order valence-corrected chi connectivity index (χ4v) is 4.49. The summed E-state index contributed by atoms with van der Waals surface area (Å²) in [4.78, 5) is 22.2. The van der Waals surface area contributed by atoms with Crippen molar-refractivity contribution < 1.29 is 13.2 Å². The molecule has 9 heteroatoms. The average molecular weight is 337 g/mol. The number of hydrogen-bond acceptors (Lipinski definition) is 6. The predicted molar refractivity (Wildman–Crippen MR) is 84.5 cm³/mol. The number of nitrogens with zero attached hydrogens (tertiary/aromatic N) is 4. The first-order chi connectivity index (χ1) is 10.9. The quantitative estimate of drug-likeness (QED) is 0.787. The van der Waals surface area contributed by atoms with Crippen LogP contribution in [0, 0.1) is 0 Å². The van der Waals surface area contributed by atoms with E-state index in [0.717, 1.165) is 5.69 Å². The van der Waals surface area contributed by atoms with Crippen LogP contribution in [0.4, 0.5) is 0 Å². The lowest BCUT2D eigenvalue weighted by molar-refractivity contribution is -0.122. The Kier molecular flexibility index (Phi) is 4.31. The van der Waals surface area contributed by atoms with Crippen LogP contribution in [0.5, 0.6) is 0 Å². The summed E-state index contributed by atoms with van der Waals surface area (Å²) in [6, 6.07) is 1.73. The molecule has 3 rings (SSSR count). The van der Waals surface area contributed by atoms with Gasteiger partial charge in [-0.1, -0.05) is 0 Å². The summed E-state index contributed by atoms with van der Waals surface area (Å²) in [6.07, 6.45) is 5.91. The maximum absolute atomic E-state index is 12.0. The fourth-order valence-electron chi connectivity index (χ4n) is 2.69. The van der Waals surface area contributed by atoms with Gasteiger partial charge < -0.3 is 5.32 Å². The number of amides is 1. The molecule has 2 aromatic heterocycles. The van der Waals surface area contributed by atoms with Crippen molar-refractivity contribution in [3.05, 3.63) is 30.4 Å². The van der Waals surface area contributed by atoms with Crippen LogP contribution in [-0.2, 0) is 21.2 Å². The van der Waals surface area contributed by atoms with E-state index in [0.29, 0.717) is 18.7 Å². The van der Waals surface area contributed by atoms with Crippen LogP contribution in [0.15, 0.2) is 24.7 Å². The normalized spacial score (nSPS) is 20.2. The van der Waals surface area contributed by atoms with Gasteiger partial charge in [0.25, 0.3) is 0 Å². The van der Waals surface area contributed by atoms with Gasteiger partial charge >= 0.3 is 0 Å². The maximum atomic E-state index is 12.0. The molecule has 0 saturated carbocycles. The number of carbonyl (C=O) groups excluding carboxylic acids is 1. The average Bonchev–Trinajstić information content (AvgIpc) is 3.07. The van der Waals surface area contributed by atoms with Crippen LogP contribution in [0.2, 0.25) is 0 Å². The smallest absolute Gasteiger partial charge is 0.234 e. The van der Waals surface area contributed by atoms with Gasteiger partial charge in [-0.05, 0) is 19.5 Å². The molecule has 1 amide bonds. The van der Waals surface area contributed by atoms with Crippen molar-refractivity contribution in [1.82, 2.24) is 24.6 Å². The third-order valence-corrected chi connectivity index (χ3v) is 5.73. The van der Waals surface area contributed by atoms with Gasteiger partial charge in [0.05, 0.1) is 30.3 Å². The van der Waals surface area contributed by atoms with Crippen LogP contribution < -0.4 is 5.32 Å². The SMILES string of the molecule is CN(CC(=O)NCc1cn2cccnc2n1)[C@@H]1CCS(=O)(=O)C1. The molecule has 1 aliphatic rings. The third-order valence-electron chi connectivity index (χ3n) is 3.98. The number of likely N-dealkylation sites (N-methyl/N-ethyl adjacent to an activating group) is 1. The van der Waals surface area contributed by atoms with Gasteiger partial charge in [-0.3, -0.25) is 14.1 Å². The van der Waals surface area contributed by atoms with E-state index in [4.69, 9.17) is 0 Å². The van der Waals surface area contributed by atoms with E-state index in [1.54, 1.807) is 22.5 Å². The fraction of sp³-hybridized carbons (Fsp3) is 0.500. The van der Waals surface area contributed by atoms with E-state index in [2.05, 4.69) is 15.3 Å². The van der Waals surface area contributed by atoms with Gasteiger partial charge in [0.1, 0.15) is 0 Å². The number of rotatable bonds is 5. The summed E-state index contributed by atoms with van der Waals surface area (Å²) < 4.78 is 24.8. The van der Waals surface area contributed by atoms with Gasteiger partial charge in [0.2, 0.25) is 11.7 Å². The molecular formula is C14H19N5O3S. The Morgan fingerprint density at radius 3 is 3.04 bits per heavy atom. The first kappa shape index (κ1) is 15.9. The number of aromatic nitrogens is 3. The van der Waals surface area contributed by atoms with Crippen molar-refractivity contribution in [3.8, 4) is 0 Å². The summed E-state index contributed by atoms with van der Waals surface area (Å²) in [5.41, 5.74) is 0.725. The molecule has 1 N–H and O–H groups in total. The third kappa shape index (κ3) is 3.85. The molecule has 1 aliphatic heterocycles. The molecule has 1 fully saturated rings. The molecule has 0 radical (unpaired) electrons. The Labute approximate surface area is 134 Å². The number of hydrogen-bond donors (Lipinski definition) is 1. The lowest BCUT2D eigenvalue weighted by atomic mass is 10.2. The molecule has 2 aromatic rings. The molecule has 0 aliphatic carbocycles. The highest BCUT2D eigenvalue weighted by atomic mass is 32.2. The number of nitrogens with one attached hydrogen (secondary N) is 1. The van der Waals surface area contributed by atoms with Crippen molar-refractivity contribution in [2.24, 2.45) is 0 Å². The van der Waals surface area contributed by atoms with Gasteiger partial charge in [-0.2, -0.15) is 0 Å². The van der Waals surface area contributed by atoms with Crippen molar-refractivity contribution in [1.29, 1.82) is 0 Å². The lowest BCUT2D eigenvalue weighted by Gasteiger charge is -2.22. The second-order valence-corrected chi connectivity index (χ2v) is 8.04. The highest BCUT2D eigenvalue weighted by molar-refractivity contribution is 7.91. The summed E-state index contributed by atoms with van der Waals surface area (Å²) >= 11 is 0. The largest absolute Gasteiger partial charge is 0.349 e. The van der Waals surface area contributed by atoms with Crippen molar-refractivity contribution >= 4 is 21.5 Å². The van der Waals surface area contributed by atoms with Crippen molar-refractivity contribution in [3.63, 3.8) is 0 Å². The Balaban J connectivity index is 1.51. The van der Waals surface area contributed by atoms with E-state index < -0.39 is 9.84 Å². The van der Waals surface area contributed by atoms with E-state index in [9.17, 15) is 13.2 Å². The second-order valence-electron chi connectivity index (χ2n) is 5.81. The molecule has 0 bridgehead atoms. The molecule has 0 aromatic carbocycles. The standard InChI is InChI=1S/C14H19N5O3S/c1-18(12-3-6-23(21,22)10-12)9-13(20)16-7-11-8-19-5-2-4-15-14(19)17-11/h2,4-5,8,12H,3,6-7,9-10H2,1H3,(H,16,20)/t12-/m1/s1. The van der Waals surface area contributed by atoms with Gasteiger partial charge in [-0.15, -0.1) is 0 Å². The minimum atomic E-state index is -2.94. The number of carbonyl (C=O) groups is 1. The van der Waals surface area contributed by atoms with E-state index in [1.807, 2.05) is 18.5 Å². The van der Waals surface area contributed by atoms with E-state index >= 15 is 0 Å². The summed E-state index contributed by atoms with van der Waals surface area (Å²) in [7, 11) is -1.16. The van der Waals surface area contributed by atoms with Gasteiger partial charge in [0, 0.05) is 24.6 Å². The Bertz CT molecular complexity index is 784. The highest BCUT2D eigenvalue weighted by Crippen LogP contribution is 2.16. The predicted octanol–water partition coefficient (Wildman–Crippen LogP) is -0.536. The topological polar surface area (TPSA) is 96.7 Å². The molecule has 8 nitrogen and oxygen atoms in total. The molecule has 1 saturated heterocycles. The Morgan fingerprint density at radius 1 is 1.52 bits per heavy atom. The molecule has 1 atom stereocenters. The molecule has 124 valence electrons. The molecular weight excluding hydrogens is 318 g/mol. The number of fused-ring (bicyclic) bond motifs is 1. The zero-order chi connectivity index (χ0) is 16.4. The number of sulfone groups is 1. The molecule has 0 spiro atoms. The zero-order valence-electron chi connectivity index (χ0n) is 12.8. The van der Waals surface area contributed by atoms with Crippen LogP contribution in [-0.4, -0.2) is 64.7 Å². The summed E-state index contributed by atoms with van der Waals surface area (Å²) in [5, 5.41) is 2.80. The molecule has 3 heterocycles. The maximum Gasteiger partial charge on any atom is 0.234 e. The van der Waals surface area contributed by atoms with Gasteiger partial charge in [-0.25, -0.2) is 18.4 Å². The van der Waals surface area contributed by atoms with Crippen LogP contribution in [0.25, 0.3) is 5.78 Å². The second kappa shape index (κ2) is 6.25. The Hall–Kier alpha value is -2.00. The zero-order valence-corrected chi connectivity index (χ0v) is 13.7. The summed E-state index contributed by atoms with van der Waals surface area (Å²) in [6.45, 7) is 0.491. The molecule has 23 heavy (non-hydrogen) atoms. The van der Waals surface area contributed by atoms with E-state index in [1.165, 1.54) is 0 Å². The van der Waals surface area contributed by atoms with Gasteiger partial charge in [0.15, 0.2) is 9.84 Å². The van der Waals surface area contributed by atoms with Crippen molar-refractivity contribution in [2.45, 2.75) is 19.0 Å². The minimum Gasteiger partial charge on any atom is -0.349 e. The first-order valence-electron chi connectivity index (χ1n) is 7.39. The lowest BCUT2D eigenvalue weighted by Crippen LogP contribution is -2.41. The number of imidazole rings is 1.